The zero-order valence-electron chi connectivity index (χ0n) is 12.5. The van der Waals surface area contributed by atoms with Gasteiger partial charge in [-0.2, -0.15) is 4.98 Å². The molecule has 118 valence electrons. The largest absolute Gasteiger partial charge is 0.489 e. The third-order valence-electron chi connectivity index (χ3n) is 2.95. The Balaban J connectivity index is 1.90. The highest BCUT2D eigenvalue weighted by Gasteiger charge is 2.13. The molecule has 0 bridgehead atoms. The SMILES string of the molecule is CC(C)Oc1ccc(-c2noc(-c3ccnc(Cl)c3)n2)cc1Cl. The molecule has 0 radical (unpaired) electrons. The van der Waals surface area contributed by atoms with Gasteiger partial charge in [-0.3, -0.25) is 0 Å². The summed E-state index contributed by atoms with van der Waals surface area (Å²) >= 11 is 12.1. The van der Waals surface area contributed by atoms with Crippen LogP contribution in [-0.2, 0) is 0 Å². The van der Waals surface area contributed by atoms with Crippen molar-refractivity contribution in [2.24, 2.45) is 0 Å². The van der Waals surface area contributed by atoms with E-state index in [0.717, 1.165) is 5.56 Å². The summed E-state index contributed by atoms with van der Waals surface area (Å²) in [5.41, 5.74) is 1.44. The predicted molar refractivity (Wildman–Crippen MR) is 88.7 cm³/mol. The zero-order chi connectivity index (χ0) is 16.4. The molecule has 2 heterocycles. The van der Waals surface area contributed by atoms with Gasteiger partial charge in [-0.05, 0) is 44.2 Å². The van der Waals surface area contributed by atoms with E-state index in [2.05, 4.69) is 15.1 Å². The lowest BCUT2D eigenvalue weighted by Gasteiger charge is -2.11. The summed E-state index contributed by atoms with van der Waals surface area (Å²) in [6, 6.07) is 8.77. The van der Waals surface area contributed by atoms with E-state index in [1.807, 2.05) is 19.9 Å². The third-order valence-corrected chi connectivity index (χ3v) is 3.45. The Morgan fingerprint density at radius 1 is 1.09 bits per heavy atom. The standard InChI is InChI=1S/C16H13Cl2N3O2/c1-9(2)22-13-4-3-10(7-12(13)17)15-20-16(23-21-15)11-5-6-19-14(18)8-11/h3-9H,1-2H3. The minimum Gasteiger partial charge on any atom is -0.489 e. The lowest BCUT2D eigenvalue weighted by atomic mass is 10.2. The van der Waals surface area contributed by atoms with E-state index in [9.17, 15) is 0 Å². The van der Waals surface area contributed by atoms with Gasteiger partial charge < -0.3 is 9.26 Å². The first-order chi connectivity index (χ1) is 11.0. The van der Waals surface area contributed by atoms with E-state index >= 15 is 0 Å². The summed E-state index contributed by atoms with van der Waals surface area (Å²) in [7, 11) is 0. The van der Waals surface area contributed by atoms with Gasteiger partial charge in [0, 0.05) is 17.3 Å². The van der Waals surface area contributed by atoms with Crippen molar-refractivity contribution >= 4 is 23.2 Å². The van der Waals surface area contributed by atoms with E-state index in [-0.39, 0.29) is 6.10 Å². The van der Waals surface area contributed by atoms with Crippen LogP contribution < -0.4 is 4.74 Å². The first kappa shape index (κ1) is 15.8. The maximum Gasteiger partial charge on any atom is 0.258 e. The number of hydrogen-bond acceptors (Lipinski definition) is 5. The summed E-state index contributed by atoms with van der Waals surface area (Å²) in [5.74, 6) is 1.42. The van der Waals surface area contributed by atoms with Gasteiger partial charge >= 0.3 is 0 Å². The van der Waals surface area contributed by atoms with Crippen molar-refractivity contribution in [2.75, 3.05) is 0 Å². The Kier molecular flexibility index (Phi) is 4.50. The summed E-state index contributed by atoms with van der Waals surface area (Å²) in [4.78, 5) is 8.28. The first-order valence-corrected chi connectivity index (χ1v) is 7.71. The smallest absolute Gasteiger partial charge is 0.258 e. The summed E-state index contributed by atoms with van der Waals surface area (Å²) in [6.45, 7) is 3.88. The molecule has 0 spiro atoms. The van der Waals surface area contributed by atoms with Crippen molar-refractivity contribution in [3.63, 3.8) is 0 Å². The number of hydrogen-bond donors (Lipinski definition) is 0. The molecule has 0 aliphatic rings. The number of pyridine rings is 1. The van der Waals surface area contributed by atoms with Crippen molar-refractivity contribution in [1.29, 1.82) is 0 Å². The summed E-state index contributed by atoms with van der Waals surface area (Å²) < 4.78 is 10.9. The average molecular weight is 350 g/mol. The van der Waals surface area contributed by atoms with Crippen LogP contribution in [0.25, 0.3) is 22.8 Å². The van der Waals surface area contributed by atoms with E-state index < -0.39 is 0 Å². The first-order valence-electron chi connectivity index (χ1n) is 6.95. The molecule has 0 N–H and O–H groups in total. The van der Waals surface area contributed by atoms with Crippen LogP contribution in [0.4, 0.5) is 0 Å². The van der Waals surface area contributed by atoms with Gasteiger partial charge in [0.05, 0.1) is 11.1 Å². The van der Waals surface area contributed by atoms with Crippen molar-refractivity contribution in [1.82, 2.24) is 15.1 Å². The number of nitrogens with zero attached hydrogens (tertiary/aromatic N) is 3. The monoisotopic (exact) mass is 349 g/mol. The van der Waals surface area contributed by atoms with Gasteiger partial charge in [-0.25, -0.2) is 4.98 Å². The number of ether oxygens (including phenoxy) is 1. The lowest BCUT2D eigenvalue weighted by Crippen LogP contribution is -2.05. The molecule has 1 aromatic carbocycles. The van der Waals surface area contributed by atoms with Gasteiger partial charge in [0.2, 0.25) is 5.82 Å². The molecule has 0 saturated heterocycles. The maximum atomic E-state index is 6.23. The number of benzene rings is 1. The molecule has 0 amide bonds. The maximum absolute atomic E-state index is 6.23. The molecular weight excluding hydrogens is 337 g/mol. The van der Waals surface area contributed by atoms with E-state index in [4.69, 9.17) is 32.5 Å². The molecule has 0 atom stereocenters. The quantitative estimate of drug-likeness (QED) is 0.627. The van der Waals surface area contributed by atoms with Crippen LogP contribution >= 0.6 is 23.2 Å². The van der Waals surface area contributed by atoms with Crippen molar-refractivity contribution in [3.8, 4) is 28.6 Å². The van der Waals surface area contributed by atoms with E-state index in [0.29, 0.717) is 33.2 Å². The second kappa shape index (κ2) is 6.56. The van der Waals surface area contributed by atoms with Gasteiger partial charge in [0.1, 0.15) is 10.9 Å². The van der Waals surface area contributed by atoms with Crippen molar-refractivity contribution in [3.05, 3.63) is 46.7 Å². The molecule has 0 aliphatic heterocycles. The van der Waals surface area contributed by atoms with Crippen molar-refractivity contribution < 1.29 is 9.26 Å². The van der Waals surface area contributed by atoms with Crippen LogP contribution in [0.3, 0.4) is 0 Å². The van der Waals surface area contributed by atoms with Gasteiger partial charge in [0.15, 0.2) is 0 Å². The molecule has 2 aromatic heterocycles. The highest BCUT2D eigenvalue weighted by atomic mass is 35.5. The van der Waals surface area contributed by atoms with Gasteiger partial charge in [-0.1, -0.05) is 28.4 Å². The predicted octanol–water partition coefficient (Wildman–Crippen LogP) is 4.89. The molecule has 3 rings (SSSR count). The number of aromatic nitrogens is 3. The number of rotatable bonds is 4. The Labute approximate surface area is 143 Å². The minimum atomic E-state index is 0.0477. The summed E-state index contributed by atoms with van der Waals surface area (Å²) in [5, 5.41) is 4.83. The normalized spacial score (nSPS) is 11.0. The van der Waals surface area contributed by atoms with Crippen LogP contribution in [0.15, 0.2) is 41.1 Å². The number of halogens is 2. The highest BCUT2D eigenvalue weighted by molar-refractivity contribution is 6.32. The zero-order valence-corrected chi connectivity index (χ0v) is 14.0. The topological polar surface area (TPSA) is 61.0 Å². The molecule has 5 nitrogen and oxygen atoms in total. The van der Waals surface area contributed by atoms with Crippen molar-refractivity contribution in [2.45, 2.75) is 20.0 Å². The molecule has 0 fully saturated rings. The fourth-order valence-electron chi connectivity index (χ4n) is 1.98. The average Bonchev–Trinajstić information content (AvgIpc) is 2.99. The van der Waals surface area contributed by atoms with Crippen LogP contribution in [0.2, 0.25) is 10.2 Å². The Morgan fingerprint density at radius 2 is 1.91 bits per heavy atom. The fraction of sp³-hybridized carbons (Fsp3) is 0.188. The molecule has 7 heteroatoms. The lowest BCUT2D eigenvalue weighted by molar-refractivity contribution is 0.242. The minimum absolute atomic E-state index is 0.0477. The van der Waals surface area contributed by atoms with Crippen LogP contribution in [0.5, 0.6) is 5.75 Å². The van der Waals surface area contributed by atoms with Crippen LogP contribution in [-0.4, -0.2) is 21.2 Å². The molecule has 0 aliphatic carbocycles. The molecule has 3 aromatic rings. The Hall–Kier alpha value is -2.11. The van der Waals surface area contributed by atoms with Crippen LogP contribution in [0, 0.1) is 0 Å². The summed E-state index contributed by atoms with van der Waals surface area (Å²) in [6.07, 6.45) is 1.63. The molecular formula is C16H13Cl2N3O2. The second-order valence-electron chi connectivity index (χ2n) is 5.10. The second-order valence-corrected chi connectivity index (χ2v) is 5.90. The highest BCUT2D eigenvalue weighted by Crippen LogP contribution is 2.31. The van der Waals surface area contributed by atoms with Gasteiger partial charge in [-0.15, -0.1) is 0 Å². The van der Waals surface area contributed by atoms with E-state index in [1.54, 1.807) is 30.5 Å². The Bertz CT molecular complexity index is 834. The third kappa shape index (κ3) is 3.63. The Morgan fingerprint density at radius 3 is 2.61 bits per heavy atom. The molecule has 0 saturated carbocycles. The molecule has 0 unspecified atom stereocenters. The van der Waals surface area contributed by atoms with E-state index in [1.165, 1.54) is 0 Å². The van der Waals surface area contributed by atoms with Crippen LogP contribution in [0.1, 0.15) is 13.8 Å². The van der Waals surface area contributed by atoms with Gasteiger partial charge in [0.25, 0.3) is 5.89 Å². The molecule has 23 heavy (non-hydrogen) atoms. The fourth-order valence-corrected chi connectivity index (χ4v) is 2.38.